The van der Waals surface area contributed by atoms with Crippen molar-refractivity contribution in [2.45, 2.75) is 20.8 Å². The summed E-state index contributed by atoms with van der Waals surface area (Å²) in [5.74, 6) is -0.311. The first kappa shape index (κ1) is 10.0. The first-order valence-corrected chi connectivity index (χ1v) is 3.33. The molecule has 0 rings (SSSR count). The third-order valence-corrected chi connectivity index (χ3v) is 1.05. The minimum Gasteiger partial charge on any atom is -0.469 e. The van der Waals surface area contributed by atoms with Crippen molar-refractivity contribution in [2.24, 2.45) is 5.41 Å². The zero-order valence-corrected chi connectivity index (χ0v) is 7.43. The lowest BCUT2D eigenvalue weighted by molar-refractivity contribution is -0.153. The molecule has 0 saturated heterocycles. The number of ether oxygens (including phenoxy) is 2. The Hall–Kier alpha value is -0.990. The molecule has 3 nitrogen and oxygen atoms in total. The van der Waals surface area contributed by atoms with E-state index in [1.807, 2.05) is 0 Å². The fraction of sp³-hybridized carbons (Fsp3) is 0.625. The summed E-state index contributed by atoms with van der Waals surface area (Å²) >= 11 is 0. The van der Waals surface area contributed by atoms with E-state index in [1.54, 1.807) is 20.8 Å². The Morgan fingerprint density at radius 1 is 1.36 bits per heavy atom. The molecule has 0 radical (unpaired) electrons. The normalized spacial score (nSPS) is 10.5. The van der Waals surface area contributed by atoms with Crippen LogP contribution in [0.25, 0.3) is 0 Å². The van der Waals surface area contributed by atoms with Crippen molar-refractivity contribution in [1.82, 2.24) is 0 Å². The number of carbonyl (C=O) groups is 1. The molecule has 3 heteroatoms. The van der Waals surface area contributed by atoms with Gasteiger partial charge < -0.3 is 9.47 Å². The van der Waals surface area contributed by atoms with Crippen LogP contribution in [-0.2, 0) is 14.3 Å². The van der Waals surface area contributed by atoms with E-state index < -0.39 is 5.41 Å². The van der Waals surface area contributed by atoms with Crippen molar-refractivity contribution in [3.63, 3.8) is 0 Å². The molecule has 0 heterocycles. The van der Waals surface area contributed by atoms with Crippen LogP contribution in [0.1, 0.15) is 20.8 Å². The summed E-state index contributed by atoms with van der Waals surface area (Å²) in [5.41, 5.74) is -0.512. The molecule has 0 aromatic carbocycles. The van der Waals surface area contributed by atoms with Crippen LogP contribution in [0.4, 0.5) is 0 Å². The predicted octanol–water partition coefficient (Wildman–Crippen LogP) is 1.69. The van der Waals surface area contributed by atoms with Crippen molar-refractivity contribution in [3.8, 4) is 0 Å². The largest absolute Gasteiger partial charge is 0.469 e. The average Bonchev–Trinajstić information content (AvgIpc) is 1.85. The summed E-state index contributed by atoms with van der Waals surface area (Å²) < 4.78 is 9.29. The molecule has 0 aliphatic rings. The predicted molar refractivity (Wildman–Crippen MR) is 41.7 cm³/mol. The molecule has 11 heavy (non-hydrogen) atoms. The summed E-state index contributed by atoms with van der Waals surface area (Å²) in [6.45, 7) is 8.65. The first-order chi connectivity index (χ1) is 4.88. The van der Waals surface area contributed by atoms with Gasteiger partial charge in [0, 0.05) is 0 Å². The van der Waals surface area contributed by atoms with Gasteiger partial charge in [-0.25, -0.2) is 0 Å². The molecular weight excluding hydrogens is 144 g/mol. The summed E-state index contributed by atoms with van der Waals surface area (Å²) in [5, 5.41) is 0. The van der Waals surface area contributed by atoms with Gasteiger partial charge in [-0.05, 0) is 27.4 Å². The Balaban J connectivity index is 3.99. The summed E-state index contributed by atoms with van der Waals surface area (Å²) in [6, 6.07) is 0. The van der Waals surface area contributed by atoms with Gasteiger partial charge in [0.2, 0.25) is 0 Å². The minimum atomic E-state index is -0.512. The van der Waals surface area contributed by atoms with E-state index in [9.17, 15) is 4.79 Å². The highest BCUT2D eigenvalue weighted by Crippen LogP contribution is 2.16. The van der Waals surface area contributed by atoms with Crippen LogP contribution in [-0.4, -0.2) is 13.1 Å². The van der Waals surface area contributed by atoms with Crippen molar-refractivity contribution < 1.29 is 14.3 Å². The Morgan fingerprint density at radius 2 is 1.82 bits per heavy atom. The number of hydrogen-bond acceptors (Lipinski definition) is 3. The molecule has 0 aromatic heterocycles. The molecule has 0 amide bonds. The third kappa shape index (κ3) is 3.65. The van der Waals surface area contributed by atoms with E-state index in [2.05, 4.69) is 11.3 Å². The monoisotopic (exact) mass is 158 g/mol. The Morgan fingerprint density at radius 3 is 2.09 bits per heavy atom. The number of methoxy groups -OCH3 is 1. The zero-order valence-electron chi connectivity index (χ0n) is 7.43. The van der Waals surface area contributed by atoms with E-state index in [0.29, 0.717) is 0 Å². The highest BCUT2D eigenvalue weighted by atomic mass is 16.7. The number of carbonyl (C=O) groups excluding carboxylic acids is 1. The second kappa shape index (κ2) is 3.42. The van der Waals surface area contributed by atoms with Crippen molar-refractivity contribution in [1.29, 1.82) is 0 Å². The highest BCUT2D eigenvalue weighted by molar-refractivity contribution is 5.76. The quantitative estimate of drug-likeness (QED) is 0.453. The molecule has 0 aliphatic heterocycles. The molecule has 0 spiro atoms. The van der Waals surface area contributed by atoms with E-state index >= 15 is 0 Å². The summed E-state index contributed by atoms with van der Waals surface area (Å²) in [4.78, 5) is 11.1. The van der Waals surface area contributed by atoms with Crippen LogP contribution in [0.15, 0.2) is 12.5 Å². The third-order valence-electron chi connectivity index (χ3n) is 1.05. The Bertz CT molecular complexity index is 165. The fourth-order valence-electron chi connectivity index (χ4n) is 0.298. The lowest BCUT2D eigenvalue weighted by Crippen LogP contribution is -2.22. The van der Waals surface area contributed by atoms with Crippen LogP contribution in [0, 0.1) is 5.41 Å². The molecular formula is C8H14O3. The van der Waals surface area contributed by atoms with Crippen LogP contribution in [0.5, 0.6) is 0 Å². The Labute approximate surface area is 67.0 Å². The molecule has 0 unspecified atom stereocenters. The van der Waals surface area contributed by atoms with Gasteiger partial charge in [0.25, 0.3) is 5.95 Å². The van der Waals surface area contributed by atoms with Crippen LogP contribution < -0.4 is 0 Å². The lowest BCUT2D eigenvalue weighted by Gasteiger charge is -2.16. The molecule has 0 N–H and O–H groups in total. The molecule has 0 saturated carbocycles. The Kier molecular flexibility index (Phi) is 3.11. The van der Waals surface area contributed by atoms with Crippen molar-refractivity contribution >= 4 is 5.97 Å². The number of esters is 1. The smallest absolute Gasteiger partial charge is 0.318 e. The van der Waals surface area contributed by atoms with Gasteiger partial charge in [-0.15, -0.1) is 0 Å². The lowest BCUT2D eigenvalue weighted by atomic mass is 9.97. The fourth-order valence-corrected chi connectivity index (χ4v) is 0.298. The topological polar surface area (TPSA) is 35.5 Å². The second-order valence-electron chi connectivity index (χ2n) is 3.22. The maximum atomic E-state index is 11.1. The van der Waals surface area contributed by atoms with Crippen molar-refractivity contribution in [2.75, 3.05) is 7.11 Å². The molecule has 0 aliphatic carbocycles. The maximum Gasteiger partial charge on any atom is 0.318 e. The van der Waals surface area contributed by atoms with Gasteiger partial charge in [-0.2, -0.15) is 0 Å². The maximum absolute atomic E-state index is 11.1. The molecule has 0 fully saturated rings. The van der Waals surface area contributed by atoms with E-state index in [4.69, 9.17) is 4.74 Å². The highest BCUT2D eigenvalue weighted by Gasteiger charge is 2.24. The minimum absolute atomic E-state index is 0.0323. The van der Waals surface area contributed by atoms with Crippen molar-refractivity contribution in [3.05, 3.63) is 12.5 Å². The van der Waals surface area contributed by atoms with E-state index in [-0.39, 0.29) is 11.9 Å². The van der Waals surface area contributed by atoms with Gasteiger partial charge >= 0.3 is 5.97 Å². The number of rotatable bonds is 2. The molecule has 0 bridgehead atoms. The summed E-state index contributed by atoms with van der Waals surface area (Å²) in [7, 11) is 1.40. The zero-order chi connectivity index (χ0) is 9.07. The van der Waals surface area contributed by atoms with E-state index in [1.165, 1.54) is 7.11 Å². The van der Waals surface area contributed by atoms with Gasteiger partial charge in [-0.1, -0.05) is 0 Å². The second-order valence-corrected chi connectivity index (χ2v) is 3.22. The average molecular weight is 158 g/mol. The summed E-state index contributed by atoms with van der Waals surface area (Å²) in [6.07, 6.45) is 0. The van der Waals surface area contributed by atoms with Gasteiger partial charge in [0.05, 0.1) is 12.5 Å². The van der Waals surface area contributed by atoms with E-state index in [0.717, 1.165) is 0 Å². The SMILES string of the molecule is C=C(OC)OC(=O)C(C)(C)C. The standard InChI is InChI=1S/C8H14O3/c1-6(10-5)11-7(9)8(2,3)4/h1H2,2-5H3. The van der Waals surface area contributed by atoms with Crippen LogP contribution >= 0.6 is 0 Å². The van der Waals surface area contributed by atoms with Crippen LogP contribution in [0.3, 0.4) is 0 Å². The number of hydrogen-bond donors (Lipinski definition) is 0. The molecule has 0 aromatic rings. The van der Waals surface area contributed by atoms with Gasteiger partial charge in [-0.3, -0.25) is 4.79 Å². The first-order valence-electron chi connectivity index (χ1n) is 3.33. The van der Waals surface area contributed by atoms with Gasteiger partial charge in [0.15, 0.2) is 0 Å². The molecule has 64 valence electrons. The van der Waals surface area contributed by atoms with Crippen LogP contribution in [0.2, 0.25) is 0 Å². The van der Waals surface area contributed by atoms with Gasteiger partial charge in [0.1, 0.15) is 0 Å². The molecule has 0 atom stereocenters.